The van der Waals surface area contributed by atoms with E-state index < -0.39 is 10.0 Å². The largest absolute Gasteiger partial charge is 0.243 e. The number of rotatable bonds is 4. The van der Waals surface area contributed by atoms with Crippen LogP contribution in [-0.2, 0) is 10.0 Å². The van der Waals surface area contributed by atoms with Gasteiger partial charge in [-0.1, -0.05) is 24.3 Å². The van der Waals surface area contributed by atoms with Gasteiger partial charge in [-0.3, -0.25) is 0 Å². The van der Waals surface area contributed by atoms with Crippen LogP contribution in [0.4, 0.5) is 4.39 Å². The molecule has 0 unspecified atom stereocenters. The van der Waals surface area contributed by atoms with Crippen LogP contribution in [0.25, 0.3) is 11.1 Å². The predicted molar refractivity (Wildman–Crippen MR) is 98.9 cm³/mol. The molecule has 0 atom stereocenters. The third kappa shape index (κ3) is 3.63. The third-order valence-electron chi connectivity index (χ3n) is 4.86. The molecule has 0 N–H and O–H groups in total. The van der Waals surface area contributed by atoms with E-state index in [0.29, 0.717) is 25.9 Å². The van der Waals surface area contributed by atoms with Gasteiger partial charge in [-0.15, -0.1) is 0 Å². The fourth-order valence-electron chi connectivity index (χ4n) is 3.34. The van der Waals surface area contributed by atoms with Crippen molar-refractivity contribution in [3.05, 3.63) is 66.7 Å². The molecule has 0 aliphatic carbocycles. The van der Waals surface area contributed by atoms with Crippen LogP contribution in [0, 0.1) is 5.82 Å². The molecular formula is C19H19FN4O2S. The molecule has 1 saturated heterocycles. The van der Waals surface area contributed by atoms with Gasteiger partial charge in [-0.05, 0) is 48.2 Å². The van der Waals surface area contributed by atoms with Crippen LogP contribution in [-0.4, -0.2) is 40.8 Å². The molecule has 1 aliphatic heterocycles. The number of hydrogen-bond donors (Lipinski definition) is 0. The Kier molecular flexibility index (Phi) is 4.75. The minimum Gasteiger partial charge on any atom is -0.207 e. The third-order valence-corrected chi connectivity index (χ3v) is 6.77. The summed E-state index contributed by atoms with van der Waals surface area (Å²) in [6, 6.07) is 13.0. The topological polar surface area (TPSA) is 68.1 Å². The lowest BCUT2D eigenvalue weighted by Crippen LogP contribution is -2.39. The standard InChI is InChI=1S/C19H19FN4O2S/c20-17-5-1-15(2-6-17)16-3-7-19(8-4-16)27(25,26)23-13-9-18(10-14-23)24-21-11-12-22-24/h1-8,11-12,18H,9-10,13-14H2. The first-order valence-electron chi connectivity index (χ1n) is 8.76. The number of aromatic nitrogens is 3. The van der Waals surface area contributed by atoms with Gasteiger partial charge in [0.15, 0.2) is 0 Å². The first-order chi connectivity index (χ1) is 13.0. The number of halogens is 1. The zero-order valence-electron chi connectivity index (χ0n) is 14.6. The van der Waals surface area contributed by atoms with Gasteiger partial charge in [0, 0.05) is 13.1 Å². The van der Waals surface area contributed by atoms with Gasteiger partial charge in [-0.25, -0.2) is 12.8 Å². The van der Waals surface area contributed by atoms with Crippen molar-refractivity contribution in [1.29, 1.82) is 0 Å². The van der Waals surface area contributed by atoms with Crippen LogP contribution in [0.1, 0.15) is 18.9 Å². The van der Waals surface area contributed by atoms with Crippen molar-refractivity contribution in [3.8, 4) is 11.1 Å². The second-order valence-corrected chi connectivity index (χ2v) is 8.45. The number of piperidine rings is 1. The van der Waals surface area contributed by atoms with E-state index in [1.165, 1.54) is 16.4 Å². The molecule has 0 amide bonds. The van der Waals surface area contributed by atoms with Crippen molar-refractivity contribution < 1.29 is 12.8 Å². The molecule has 6 nitrogen and oxygen atoms in total. The fraction of sp³-hybridized carbons (Fsp3) is 0.263. The second kappa shape index (κ2) is 7.21. The Morgan fingerprint density at radius 2 is 1.37 bits per heavy atom. The lowest BCUT2D eigenvalue weighted by Gasteiger charge is -2.30. The van der Waals surface area contributed by atoms with E-state index in [9.17, 15) is 12.8 Å². The number of hydrogen-bond acceptors (Lipinski definition) is 4. The highest BCUT2D eigenvalue weighted by atomic mass is 32.2. The summed E-state index contributed by atoms with van der Waals surface area (Å²) in [4.78, 5) is 1.92. The van der Waals surface area contributed by atoms with Crippen LogP contribution in [0.3, 0.4) is 0 Å². The summed E-state index contributed by atoms with van der Waals surface area (Å²) in [6.45, 7) is 0.877. The van der Waals surface area contributed by atoms with E-state index in [-0.39, 0.29) is 16.8 Å². The minimum atomic E-state index is -3.54. The summed E-state index contributed by atoms with van der Waals surface area (Å²) in [5.74, 6) is -0.299. The van der Waals surface area contributed by atoms with E-state index in [2.05, 4.69) is 10.2 Å². The van der Waals surface area contributed by atoms with Crippen molar-refractivity contribution in [2.45, 2.75) is 23.8 Å². The molecule has 3 aromatic rings. The molecule has 2 heterocycles. The van der Waals surface area contributed by atoms with Crippen LogP contribution in [0.2, 0.25) is 0 Å². The van der Waals surface area contributed by atoms with E-state index >= 15 is 0 Å². The molecule has 2 aromatic carbocycles. The molecule has 0 spiro atoms. The molecule has 27 heavy (non-hydrogen) atoms. The molecule has 1 aromatic heterocycles. The monoisotopic (exact) mass is 386 g/mol. The fourth-order valence-corrected chi connectivity index (χ4v) is 4.81. The Morgan fingerprint density at radius 3 is 1.93 bits per heavy atom. The average Bonchev–Trinajstić information content (AvgIpc) is 3.24. The molecule has 140 valence electrons. The summed E-state index contributed by atoms with van der Waals surface area (Å²) in [5, 5.41) is 8.29. The molecule has 0 radical (unpaired) electrons. The van der Waals surface area contributed by atoms with Gasteiger partial charge in [0.2, 0.25) is 10.0 Å². The maximum atomic E-state index is 13.1. The SMILES string of the molecule is O=S(=O)(c1ccc(-c2ccc(F)cc2)cc1)N1CCC(n2nccn2)CC1. The van der Waals surface area contributed by atoms with Crippen LogP contribution >= 0.6 is 0 Å². The van der Waals surface area contributed by atoms with Gasteiger partial charge in [0.1, 0.15) is 5.82 Å². The summed E-state index contributed by atoms with van der Waals surface area (Å²) in [7, 11) is -3.54. The van der Waals surface area contributed by atoms with Gasteiger partial charge in [0.05, 0.1) is 23.3 Å². The summed E-state index contributed by atoms with van der Waals surface area (Å²) in [6.07, 6.45) is 4.63. The first-order valence-corrected chi connectivity index (χ1v) is 10.2. The molecule has 8 heteroatoms. The van der Waals surface area contributed by atoms with E-state index in [0.717, 1.165) is 11.1 Å². The highest BCUT2D eigenvalue weighted by Crippen LogP contribution is 2.27. The number of nitrogens with zero attached hydrogens (tertiary/aromatic N) is 4. The maximum Gasteiger partial charge on any atom is 0.243 e. The lowest BCUT2D eigenvalue weighted by atomic mass is 10.1. The van der Waals surface area contributed by atoms with Crippen molar-refractivity contribution >= 4 is 10.0 Å². The van der Waals surface area contributed by atoms with Crippen LogP contribution in [0.15, 0.2) is 65.8 Å². The Morgan fingerprint density at radius 1 is 0.852 bits per heavy atom. The summed E-state index contributed by atoms with van der Waals surface area (Å²) >= 11 is 0. The number of benzene rings is 2. The molecule has 4 rings (SSSR count). The zero-order chi connectivity index (χ0) is 18.9. The molecule has 0 saturated carbocycles. The van der Waals surface area contributed by atoms with Gasteiger partial charge < -0.3 is 0 Å². The predicted octanol–water partition coefficient (Wildman–Crippen LogP) is 3.11. The second-order valence-electron chi connectivity index (χ2n) is 6.52. The Hall–Kier alpha value is -2.58. The van der Waals surface area contributed by atoms with Crippen molar-refractivity contribution in [1.82, 2.24) is 19.3 Å². The summed E-state index contributed by atoms with van der Waals surface area (Å²) in [5.41, 5.74) is 1.69. The Labute approximate surface area is 157 Å². The Balaban J connectivity index is 1.48. The van der Waals surface area contributed by atoms with E-state index in [1.54, 1.807) is 53.6 Å². The summed E-state index contributed by atoms with van der Waals surface area (Å²) < 4.78 is 40.4. The van der Waals surface area contributed by atoms with Gasteiger partial charge >= 0.3 is 0 Å². The van der Waals surface area contributed by atoms with Crippen molar-refractivity contribution in [3.63, 3.8) is 0 Å². The highest BCUT2D eigenvalue weighted by molar-refractivity contribution is 7.89. The van der Waals surface area contributed by atoms with E-state index in [1.807, 2.05) is 0 Å². The van der Waals surface area contributed by atoms with Crippen LogP contribution < -0.4 is 0 Å². The molecule has 1 fully saturated rings. The molecule has 0 bridgehead atoms. The quantitative estimate of drug-likeness (QED) is 0.691. The normalized spacial score (nSPS) is 16.5. The average molecular weight is 386 g/mol. The Bertz CT molecular complexity index is 995. The molecular weight excluding hydrogens is 367 g/mol. The first kappa shape index (κ1) is 17.8. The number of sulfonamides is 1. The zero-order valence-corrected chi connectivity index (χ0v) is 15.4. The van der Waals surface area contributed by atoms with Crippen molar-refractivity contribution in [2.75, 3.05) is 13.1 Å². The molecule has 1 aliphatic rings. The van der Waals surface area contributed by atoms with Crippen molar-refractivity contribution in [2.24, 2.45) is 0 Å². The van der Waals surface area contributed by atoms with Crippen LogP contribution in [0.5, 0.6) is 0 Å². The van der Waals surface area contributed by atoms with E-state index in [4.69, 9.17) is 0 Å². The lowest BCUT2D eigenvalue weighted by molar-refractivity contribution is 0.245. The van der Waals surface area contributed by atoms with Gasteiger partial charge in [0.25, 0.3) is 0 Å². The van der Waals surface area contributed by atoms with Gasteiger partial charge in [-0.2, -0.15) is 19.3 Å². The minimum absolute atomic E-state index is 0.132. The maximum absolute atomic E-state index is 13.1. The highest BCUT2D eigenvalue weighted by Gasteiger charge is 2.30. The smallest absolute Gasteiger partial charge is 0.207 e.